The first kappa shape index (κ1) is 26.9. The molecule has 38 heavy (non-hydrogen) atoms. The highest BCUT2D eigenvalue weighted by Gasteiger charge is 2.41. The molecule has 2 aromatic carbocycles. The molecule has 0 unspecified atom stereocenters. The molecule has 1 N–H and O–H groups in total. The van der Waals surface area contributed by atoms with Gasteiger partial charge in [0, 0.05) is 53.0 Å². The van der Waals surface area contributed by atoms with Gasteiger partial charge in [-0.05, 0) is 63.1 Å². The molecule has 2 amide bonds. The van der Waals surface area contributed by atoms with Gasteiger partial charge in [0.25, 0.3) is 5.89 Å². The van der Waals surface area contributed by atoms with Crippen LogP contribution in [0.4, 0.5) is 14.9 Å². The van der Waals surface area contributed by atoms with Crippen LogP contribution in [0, 0.1) is 5.82 Å². The van der Waals surface area contributed by atoms with Gasteiger partial charge in [0.1, 0.15) is 5.82 Å². The number of hydrogen-bond acceptors (Lipinski definition) is 6. The monoisotopic (exact) mass is 581 g/mol. The summed E-state index contributed by atoms with van der Waals surface area (Å²) in [7, 11) is -3.26. The summed E-state index contributed by atoms with van der Waals surface area (Å²) in [6, 6.07) is 8.53. The van der Waals surface area contributed by atoms with E-state index in [-0.39, 0.29) is 36.1 Å². The first-order valence-corrected chi connectivity index (χ1v) is 14.4. The number of hydrogen-bond donors (Lipinski definition) is 1. The fourth-order valence-corrected chi connectivity index (χ4v) is 7.25. The number of amides is 2. The molecular weight excluding hydrogens is 556 g/mol. The van der Waals surface area contributed by atoms with Crippen molar-refractivity contribution < 1.29 is 22.1 Å². The Morgan fingerprint density at radius 3 is 2.26 bits per heavy atom. The van der Waals surface area contributed by atoms with Gasteiger partial charge in [0.2, 0.25) is 10.0 Å². The lowest BCUT2D eigenvalue weighted by Gasteiger charge is -2.34. The quantitative estimate of drug-likeness (QED) is 0.431. The summed E-state index contributed by atoms with van der Waals surface area (Å²) >= 11 is 13.3. The lowest BCUT2D eigenvalue weighted by molar-refractivity contribution is 0.184. The molecule has 1 saturated heterocycles. The lowest BCUT2D eigenvalue weighted by atomic mass is 9.83. The second-order valence-electron chi connectivity index (χ2n) is 9.93. The summed E-state index contributed by atoms with van der Waals surface area (Å²) in [6.07, 6.45) is 1.42. The molecule has 2 heterocycles. The summed E-state index contributed by atoms with van der Waals surface area (Å²) in [4.78, 5) is 18.9. The number of halogens is 3. The van der Waals surface area contributed by atoms with Crippen molar-refractivity contribution in [1.29, 1.82) is 0 Å². The summed E-state index contributed by atoms with van der Waals surface area (Å²) in [6.45, 7) is 4.80. The SMILES string of the molecule is CC(C)(c1noc(-c2ccc(F)cc2)n1)c1c(Cl)cc(NC(=O)N2CCN(S(=O)(=O)C3CC3)CC2)cc1Cl. The number of rotatable bonds is 6. The van der Waals surface area contributed by atoms with Gasteiger partial charge in [-0.1, -0.05) is 28.4 Å². The third-order valence-corrected chi connectivity index (χ3v) is 9.82. The van der Waals surface area contributed by atoms with Gasteiger partial charge in [-0.3, -0.25) is 0 Å². The van der Waals surface area contributed by atoms with Gasteiger partial charge < -0.3 is 14.7 Å². The maximum absolute atomic E-state index is 13.3. The van der Waals surface area contributed by atoms with E-state index in [1.807, 2.05) is 13.8 Å². The molecular formula is C25H26Cl2FN5O4S. The van der Waals surface area contributed by atoms with Gasteiger partial charge >= 0.3 is 6.03 Å². The van der Waals surface area contributed by atoms with Crippen LogP contribution in [0.2, 0.25) is 10.0 Å². The third-order valence-electron chi connectivity index (χ3n) is 6.83. The number of nitrogens with zero attached hydrogens (tertiary/aromatic N) is 4. The Balaban J connectivity index is 1.28. The summed E-state index contributed by atoms with van der Waals surface area (Å²) < 4.78 is 45.0. The highest BCUT2D eigenvalue weighted by atomic mass is 35.5. The van der Waals surface area contributed by atoms with E-state index in [9.17, 15) is 17.6 Å². The van der Waals surface area contributed by atoms with E-state index in [0.29, 0.717) is 58.6 Å². The summed E-state index contributed by atoms with van der Waals surface area (Å²) in [5.41, 5.74) is 0.658. The molecule has 1 saturated carbocycles. The molecule has 0 atom stereocenters. The Bertz CT molecular complexity index is 1440. The van der Waals surface area contributed by atoms with Crippen molar-refractivity contribution in [1.82, 2.24) is 19.3 Å². The Morgan fingerprint density at radius 2 is 1.68 bits per heavy atom. The van der Waals surface area contributed by atoms with Gasteiger partial charge in [-0.15, -0.1) is 0 Å². The number of anilines is 1. The van der Waals surface area contributed by atoms with Crippen molar-refractivity contribution in [2.75, 3.05) is 31.5 Å². The number of aromatic nitrogens is 2. The van der Waals surface area contributed by atoms with Crippen molar-refractivity contribution in [2.45, 2.75) is 37.4 Å². The number of sulfonamides is 1. The number of piperazine rings is 1. The van der Waals surface area contributed by atoms with Crippen molar-refractivity contribution in [3.63, 3.8) is 0 Å². The zero-order valence-corrected chi connectivity index (χ0v) is 23.1. The molecule has 0 radical (unpaired) electrons. The molecule has 1 aliphatic carbocycles. The Morgan fingerprint density at radius 1 is 1.08 bits per heavy atom. The van der Waals surface area contributed by atoms with Crippen LogP contribution in [-0.4, -0.2) is 65.2 Å². The molecule has 3 aromatic rings. The molecule has 13 heteroatoms. The average molecular weight is 582 g/mol. The van der Waals surface area contributed by atoms with Gasteiger partial charge in [0.05, 0.1) is 10.7 Å². The number of nitrogens with one attached hydrogen (secondary N) is 1. The highest BCUT2D eigenvalue weighted by molar-refractivity contribution is 7.90. The fraction of sp³-hybridized carbons (Fsp3) is 0.400. The number of urea groups is 1. The molecule has 202 valence electrons. The highest BCUT2D eigenvalue weighted by Crippen LogP contribution is 2.41. The van der Waals surface area contributed by atoms with E-state index >= 15 is 0 Å². The number of benzene rings is 2. The van der Waals surface area contributed by atoms with Crippen LogP contribution >= 0.6 is 23.2 Å². The predicted octanol–water partition coefficient (Wildman–Crippen LogP) is 5.15. The van der Waals surface area contributed by atoms with Gasteiger partial charge in [-0.25, -0.2) is 17.6 Å². The van der Waals surface area contributed by atoms with Crippen LogP contribution in [0.25, 0.3) is 11.5 Å². The number of carbonyl (C=O) groups excluding carboxylic acids is 1. The second-order valence-corrected chi connectivity index (χ2v) is 13.0. The first-order chi connectivity index (χ1) is 18.0. The van der Waals surface area contributed by atoms with E-state index in [1.165, 1.54) is 16.4 Å². The largest absolute Gasteiger partial charge is 0.334 e. The van der Waals surface area contributed by atoms with Crippen LogP contribution in [-0.2, 0) is 15.4 Å². The Labute approximate surface area is 229 Å². The van der Waals surface area contributed by atoms with Crippen molar-refractivity contribution in [2.24, 2.45) is 0 Å². The average Bonchev–Trinajstić information content (AvgIpc) is 3.61. The van der Waals surface area contributed by atoms with Crippen molar-refractivity contribution in [3.05, 3.63) is 63.6 Å². The Kier molecular flexibility index (Phi) is 7.14. The standard InChI is InChI=1S/C25H26Cl2FN5O4S/c1-25(2,23-30-22(37-31-23)15-3-5-16(28)6-4-15)21-19(26)13-17(14-20(21)27)29-24(34)32-9-11-33(12-10-32)38(35,36)18-7-8-18/h3-6,13-14,18H,7-12H2,1-2H3,(H,29,34). The lowest BCUT2D eigenvalue weighted by Crippen LogP contribution is -2.52. The second kappa shape index (κ2) is 10.1. The minimum Gasteiger partial charge on any atom is -0.334 e. The fourth-order valence-electron chi connectivity index (χ4n) is 4.47. The maximum atomic E-state index is 13.3. The molecule has 1 aromatic heterocycles. The molecule has 9 nitrogen and oxygen atoms in total. The van der Waals surface area contributed by atoms with Crippen LogP contribution in [0.1, 0.15) is 38.1 Å². The van der Waals surface area contributed by atoms with Crippen molar-refractivity contribution >= 4 is 44.9 Å². The van der Waals surface area contributed by atoms with E-state index in [4.69, 9.17) is 27.7 Å². The predicted molar refractivity (Wildman–Crippen MR) is 142 cm³/mol. The smallest absolute Gasteiger partial charge is 0.321 e. The maximum Gasteiger partial charge on any atom is 0.321 e. The molecule has 2 fully saturated rings. The third kappa shape index (κ3) is 5.25. The number of carbonyl (C=O) groups is 1. The zero-order chi connectivity index (χ0) is 27.2. The van der Waals surface area contributed by atoms with E-state index in [0.717, 1.165) is 0 Å². The van der Waals surface area contributed by atoms with Crippen molar-refractivity contribution in [3.8, 4) is 11.5 Å². The van der Waals surface area contributed by atoms with E-state index < -0.39 is 15.4 Å². The summed E-state index contributed by atoms with van der Waals surface area (Å²) in [5.74, 6) is 0.189. The topological polar surface area (TPSA) is 109 Å². The van der Waals surface area contributed by atoms with Crippen LogP contribution in [0.3, 0.4) is 0 Å². The molecule has 2 aliphatic rings. The van der Waals surface area contributed by atoms with Crippen LogP contribution in [0.15, 0.2) is 40.9 Å². The normalized spacial score (nSPS) is 17.0. The van der Waals surface area contributed by atoms with Crippen LogP contribution < -0.4 is 5.32 Å². The van der Waals surface area contributed by atoms with E-state index in [2.05, 4.69) is 15.5 Å². The summed E-state index contributed by atoms with van der Waals surface area (Å²) in [5, 5.41) is 7.22. The molecule has 0 bridgehead atoms. The molecule has 5 rings (SSSR count). The van der Waals surface area contributed by atoms with Crippen LogP contribution in [0.5, 0.6) is 0 Å². The minimum absolute atomic E-state index is 0.231. The zero-order valence-electron chi connectivity index (χ0n) is 20.7. The van der Waals surface area contributed by atoms with Gasteiger partial charge in [0.15, 0.2) is 5.82 Å². The Hall–Kier alpha value is -2.73. The molecule has 0 spiro atoms. The first-order valence-electron chi connectivity index (χ1n) is 12.1. The molecule has 1 aliphatic heterocycles. The van der Waals surface area contributed by atoms with Gasteiger partial charge in [-0.2, -0.15) is 9.29 Å². The minimum atomic E-state index is -3.26. The van der Waals surface area contributed by atoms with E-state index in [1.54, 1.807) is 29.2 Å².